The van der Waals surface area contributed by atoms with Crippen LogP contribution in [0, 0.1) is 6.92 Å². The lowest BCUT2D eigenvalue weighted by Crippen LogP contribution is -2.26. The topological polar surface area (TPSA) is 98.7 Å². The molecule has 2 aromatic heterocycles. The lowest BCUT2D eigenvalue weighted by Gasteiger charge is -2.20. The van der Waals surface area contributed by atoms with Crippen LogP contribution in [0.15, 0.2) is 56.5 Å². The van der Waals surface area contributed by atoms with Crippen LogP contribution >= 0.6 is 0 Å². The fourth-order valence-electron chi connectivity index (χ4n) is 4.79. The molecule has 1 aliphatic heterocycles. The van der Waals surface area contributed by atoms with Crippen LogP contribution in [0.5, 0.6) is 5.75 Å². The van der Waals surface area contributed by atoms with Gasteiger partial charge < -0.3 is 18.8 Å². The number of ether oxygens (including phenoxy) is 1. The Morgan fingerprint density at radius 1 is 1.22 bits per heavy atom. The number of hydrogen-bond acceptors (Lipinski definition) is 6. The molecule has 3 heterocycles. The van der Waals surface area contributed by atoms with Gasteiger partial charge in [-0.25, -0.2) is 4.79 Å². The lowest BCUT2D eigenvalue weighted by atomic mass is 9.86. The van der Waals surface area contributed by atoms with Crippen LogP contribution in [0.25, 0.3) is 21.9 Å². The first kappa shape index (κ1) is 20.1. The Bertz CT molecular complexity index is 1530. The van der Waals surface area contributed by atoms with Crippen LogP contribution in [0.2, 0.25) is 0 Å². The molecule has 162 valence electrons. The summed E-state index contributed by atoms with van der Waals surface area (Å²) in [6.45, 7) is 2.31. The molecule has 7 nitrogen and oxygen atoms in total. The summed E-state index contributed by atoms with van der Waals surface area (Å²) in [6, 6.07) is 12.1. The number of aryl methyl sites for hydroxylation is 3. The summed E-state index contributed by atoms with van der Waals surface area (Å²) in [4.78, 5) is 38.1. The average molecular weight is 431 g/mol. The maximum atomic E-state index is 13.6. The van der Waals surface area contributed by atoms with E-state index in [2.05, 4.69) is 0 Å². The van der Waals surface area contributed by atoms with Crippen LogP contribution in [0.3, 0.4) is 0 Å². The molecule has 1 atom stereocenters. The zero-order valence-electron chi connectivity index (χ0n) is 17.7. The van der Waals surface area contributed by atoms with Crippen molar-refractivity contribution in [3.8, 4) is 5.75 Å². The summed E-state index contributed by atoms with van der Waals surface area (Å²) in [7, 11) is 1.27. The van der Waals surface area contributed by atoms with Crippen molar-refractivity contribution >= 4 is 27.8 Å². The molecule has 5 rings (SSSR count). The summed E-state index contributed by atoms with van der Waals surface area (Å²) in [5.74, 6) is -1.56. The molecule has 32 heavy (non-hydrogen) atoms. The van der Waals surface area contributed by atoms with Gasteiger partial charge >= 0.3 is 11.6 Å². The zero-order valence-corrected chi connectivity index (χ0v) is 17.7. The number of hydrogen-bond donors (Lipinski definition) is 1. The van der Waals surface area contributed by atoms with Crippen molar-refractivity contribution in [2.45, 2.75) is 32.2 Å². The van der Waals surface area contributed by atoms with Crippen LogP contribution in [0.4, 0.5) is 0 Å². The van der Waals surface area contributed by atoms with E-state index in [1.165, 1.54) is 19.2 Å². The third kappa shape index (κ3) is 3.00. The molecule has 1 unspecified atom stereocenters. The van der Waals surface area contributed by atoms with E-state index in [0.717, 1.165) is 22.9 Å². The summed E-state index contributed by atoms with van der Waals surface area (Å²) in [6.07, 6.45) is 0.562. The van der Waals surface area contributed by atoms with Gasteiger partial charge in [-0.3, -0.25) is 9.59 Å². The predicted molar refractivity (Wildman–Crippen MR) is 119 cm³/mol. The van der Waals surface area contributed by atoms with E-state index >= 15 is 0 Å². The second kappa shape index (κ2) is 7.37. The number of carbonyl (C=O) groups excluding carboxylic acids is 1. The van der Waals surface area contributed by atoms with Crippen molar-refractivity contribution in [3.05, 3.63) is 85.5 Å². The zero-order chi connectivity index (χ0) is 22.6. The second-order valence-corrected chi connectivity index (χ2v) is 8.12. The first-order chi connectivity index (χ1) is 15.4. The second-order valence-electron chi connectivity index (χ2n) is 8.12. The predicted octanol–water partition coefficient (Wildman–Crippen LogP) is 3.37. The Hall–Kier alpha value is -3.87. The van der Waals surface area contributed by atoms with Gasteiger partial charge in [-0.1, -0.05) is 18.2 Å². The number of pyridine rings is 1. The van der Waals surface area contributed by atoms with E-state index < -0.39 is 17.5 Å². The number of phenols is 1. The molecule has 2 aromatic carbocycles. The molecule has 1 aliphatic rings. The van der Waals surface area contributed by atoms with E-state index in [-0.39, 0.29) is 28.9 Å². The Morgan fingerprint density at radius 2 is 2.03 bits per heavy atom. The van der Waals surface area contributed by atoms with Gasteiger partial charge in [-0.05, 0) is 48.1 Å². The number of aromatic nitrogens is 1. The normalized spacial score (nSPS) is 13.6. The Balaban J connectivity index is 1.85. The van der Waals surface area contributed by atoms with Crippen molar-refractivity contribution in [3.63, 3.8) is 0 Å². The molecule has 4 aromatic rings. The highest BCUT2D eigenvalue weighted by Crippen LogP contribution is 2.39. The molecule has 0 radical (unpaired) electrons. The number of carbonyl (C=O) groups is 1. The number of nitrogens with zero attached hydrogens (tertiary/aromatic N) is 1. The van der Waals surface area contributed by atoms with Gasteiger partial charge in [0.2, 0.25) is 0 Å². The van der Waals surface area contributed by atoms with E-state index in [0.29, 0.717) is 23.1 Å². The molecule has 7 heteroatoms. The fraction of sp³-hybridized carbons (Fsp3) is 0.240. The molecule has 0 bridgehead atoms. The molecule has 0 amide bonds. The maximum absolute atomic E-state index is 13.6. The van der Waals surface area contributed by atoms with Crippen molar-refractivity contribution in [2.24, 2.45) is 0 Å². The number of para-hydroxylation sites is 1. The highest BCUT2D eigenvalue weighted by Gasteiger charge is 2.30. The molecule has 0 aliphatic carbocycles. The van der Waals surface area contributed by atoms with Gasteiger partial charge in [0, 0.05) is 35.0 Å². The number of benzene rings is 2. The van der Waals surface area contributed by atoms with Crippen molar-refractivity contribution < 1.29 is 19.1 Å². The molecule has 0 saturated heterocycles. The van der Waals surface area contributed by atoms with Crippen LogP contribution in [0.1, 0.15) is 34.6 Å². The highest BCUT2D eigenvalue weighted by molar-refractivity contribution is 5.88. The summed E-state index contributed by atoms with van der Waals surface area (Å²) in [5, 5.41) is 12.3. The standard InChI is InChI=1S/C25H21NO6/c1-13-10-21(29)32-24-16(13)6-7-19(27)22(24)17(12-20(28)31-2)18-11-15-5-3-4-14-8-9-26(23(14)15)25(18)30/h3-7,10-11,17,27H,8-9,12H2,1-2H3. The number of fused-ring (bicyclic) bond motifs is 1. The summed E-state index contributed by atoms with van der Waals surface area (Å²) >= 11 is 0. The fourth-order valence-corrected chi connectivity index (χ4v) is 4.79. The van der Waals surface area contributed by atoms with E-state index in [9.17, 15) is 19.5 Å². The van der Waals surface area contributed by atoms with Gasteiger partial charge in [-0.15, -0.1) is 0 Å². The lowest BCUT2D eigenvalue weighted by molar-refractivity contribution is -0.140. The highest BCUT2D eigenvalue weighted by atomic mass is 16.5. The minimum atomic E-state index is -0.860. The minimum absolute atomic E-state index is 0.158. The third-order valence-electron chi connectivity index (χ3n) is 6.29. The van der Waals surface area contributed by atoms with Gasteiger partial charge in [0.1, 0.15) is 11.3 Å². The van der Waals surface area contributed by atoms with Gasteiger partial charge in [-0.2, -0.15) is 0 Å². The Morgan fingerprint density at radius 3 is 2.81 bits per heavy atom. The number of aromatic hydroxyl groups is 1. The van der Waals surface area contributed by atoms with Crippen LogP contribution in [-0.4, -0.2) is 22.8 Å². The number of rotatable bonds is 4. The Labute approximate surface area is 182 Å². The number of esters is 1. The first-order valence-electron chi connectivity index (χ1n) is 10.4. The first-order valence-corrected chi connectivity index (χ1v) is 10.4. The molecule has 0 spiro atoms. The molecular formula is C25H21NO6. The minimum Gasteiger partial charge on any atom is -0.508 e. The van der Waals surface area contributed by atoms with Crippen molar-refractivity contribution in [1.29, 1.82) is 0 Å². The van der Waals surface area contributed by atoms with Crippen LogP contribution in [-0.2, 0) is 22.5 Å². The van der Waals surface area contributed by atoms with Crippen molar-refractivity contribution in [2.75, 3.05) is 7.11 Å². The third-order valence-corrected chi connectivity index (χ3v) is 6.29. The number of phenolic OH excluding ortho intramolecular Hbond substituents is 1. The average Bonchev–Trinajstić information content (AvgIpc) is 3.20. The summed E-state index contributed by atoms with van der Waals surface area (Å²) < 4.78 is 12.1. The van der Waals surface area contributed by atoms with E-state index in [1.54, 1.807) is 23.6 Å². The quantitative estimate of drug-likeness (QED) is 0.393. The van der Waals surface area contributed by atoms with E-state index in [4.69, 9.17) is 9.15 Å². The molecule has 1 N–H and O–H groups in total. The van der Waals surface area contributed by atoms with E-state index in [1.807, 2.05) is 18.2 Å². The van der Waals surface area contributed by atoms with Gasteiger partial charge in [0.25, 0.3) is 5.56 Å². The maximum Gasteiger partial charge on any atom is 0.336 e. The molecule has 0 saturated carbocycles. The van der Waals surface area contributed by atoms with Gasteiger partial charge in [0.15, 0.2) is 0 Å². The van der Waals surface area contributed by atoms with Crippen molar-refractivity contribution in [1.82, 2.24) is 4.57 Å². The SMILES string of the molecule is COC(=O)CC(c1cc2cccc3c2n(c1=O)CC3)c1c(O)ccc2c(C)cc(=O)oc12. The largest absolute Gasteiger partial charge is 0.508 e. The summed E-state index contributed by atoms with van der Waals surface area (Å²) in [5.41, 5.74) is 2.60. The monoisotopic (exact) mass is 431 g/mol. The number of methoxy groups -OCH3 is 1. The Kier molecular flexibility index (Phi) is 4.62. The molecule has 0 fully saturated rings. The smallest absolute Gasteiger partial charge is 0.336 e. The molecular weight excluding hydrogens is 410 g/mol. The van der Waals surface area contributed by atoms with Gasteiger partial charge in [0.05, 0.1) is 19.0 Å². The van der Waals surface area contributed by atoms with Crippen LogP contribution < -0.4 is 11.2 Å².